The molecule has 0 spiro atoms. The predicted molar refractivity (Wildman–Crippen MR) is 68.0 cm³/mol. The molecule has 0 aromatic heterocycles. The summed E-state index contributed by atoms with van der Waals surface area (Å²) in [4.78, 5) is 13.3. The predicted octanol–water partition coefficient (Wildman–Crippen LogP) is 0.473. The molecule has 1 unspecified atom stereocenters. The number of carbonyl (C=O) groups is 1. The maximum Gasteiger partial charge on any atom is 0.333 e. The first kappa shape index (κ1) is 13.0. The van der Waals surface area contributed by atoms with E-state index in [1.807, 2.05) is 4.90 Å². The van der Waals surface area contributed by atoms with Crippen molar-refractivity contribution < 1.29 is 18.3 Å². The maximum absolute atomic E-state index is 11.2. The van der Waals surface area contributed by atoms with Crippen LogP contribution < -0.4 is 0 Å². The van der Waals surface area contributed by atoms with Crippen LogP contribution >= 0.6 is 0 Å². The van der Waals surface area contributed by atoms with Crippen molar-refractivity contribution in [1.82, 2.24) is 4.90 Å². The van der Waals surface area contributed by atoms with E-state index in [1.165, 1.54) is 18.2 Å². The van der Waals surface area contributed by atoms with Crippen molar-refractivity contribution in [2.75, 3.05) is 13.1 Å². The van der Waals surface area contributed by atoms with Crippen LogP contribution in [0, 0.1) is 0 Å². The normalized spacial score (nSPS) is 24.8. The van der Waals surface area contributed by atoms with Crippen molar-refractivity contribution in [2.24, 2.45) is 0 Å². The second-order valence-electron chi connectivity index (χ2n) is 4.42. The third-order valence-electron chi connectivity index (χ3n) is 3.30. The van der Waals surface area contributed by atoms with Crippen molar-refractivity contribution in [3.05, 3.63) is 23.8 Å². The lowest BCUT2D eigenvalue weighted by Crippen LogP contribution is -2.47. The van der Waals surface area contributed by atoms with Crippen LogP contribution in [0.15, 0.2) is 23.8 Å². The van der Waals surface area contributed by atoms with E-state index in [-0.39, 0.29) is 10.4 Å². The molecule has 2 aliphatic rings. The Hall–Kier alpha value is -1.40. The molecular formula is C12H15NO4S. The second kappa shape index (κ2) is 5.49. The van der Waals surface area contributed by atoms with E-state index in [4.69, 9.17) is 0 Å². The molecule has 0 amide bonds. The molecule has 1 fully saturated rings. The fraction of sp³-hybridized carbons (Fsp3) is 0.500. The molecule has 1 saturated heterocycles. The van der Waals surface area contributed by atoms with Crippen molar-refractivity contribution in [3.8, 4) is 0 Å². The van der Waals surface area contributed by atoms with Crippen molar-refractivity contribution >= 4 is 21.1 Å². The van der Waals surface area contributed by atoms with Gasteiger partial charge < -0.3 is 5.11 Å². The van der Waals surface area contributed by atoms with Gasteiger partial charge in [0, 0.05) is 0 Å². The van der Waals surface area contributed by atoms with Gasteiger partial charge in [0.2, 0.25) is 10.3 Å². The lowest BCUT2D eigenvalue weighted by atomic mass is 9.95. The highest BCUT2D eigenvalue weighted by molar-refractivity contribution is 7.73. The zero-order chi connectivity index (χ0) is 13.1. The fourth-order valence-electron chi connectivity index (χ4n) is 2.47. The Balaban J connectivity index is 2.42. The summed E-state index contributed by atoms with van der Waals surface area (Å²) < 4.78 is 22.5. The van der Waals surface area contributed by atoms with E-state index in [0.717, 1.165) is 32.4 Å². The number of carboxylic acids is 1. The summed E-state index contributed by atoms with van der Waals surface area (Å²) >= 11 is 0. The van der Waals surface area contributed by atoms with Gasteiger partial charge in [-0.3, -0.25) is 4.90 Å². The summed E-state index contributed by atoms with van der Waals surface area (Å²) in [7, 11) is -2.39. The van der Waals surface area contributed by atoms with Crippen LogP contribution in [-0.2, 0) is 15.1 Å². The number of hydrogen-bond donors (Lipinski definition) is 1. The number of carboxylic acid groups (broad SMARTS) is 1. The van der Waals surface area contributed by atoms with Gasteiger partial charge in [-0.2, -0.15) is 8.42 Å². The lowest BCUT2D eigenvalue weighted by Gasteiger charge is -2.35. The van der Waals surface area contributed by atoms with Crippen molar-refractivity contribution in [1.29, 1.82) is 0 Å². The van der Waals surface area contributed by atoms with Crippen LogP contribution in [0.2, 0.25) is 0 Å². The van der Waals surface area contributed by atoms with Gasteiger partial charge in [-0.05, 0) is 38.1 Å². The Morgan fingerprint density at radius 3 is 2.50 bits per heavy atom. The number of hydrogen-bond acceptors (Lipinski definition) is 4. The molecule has 0 saturated carbocycles. The quantitative estimate of drug-likeness (QED) is 0.738. The number of rotatable bonds is 2. The van der Waals surface area contributed by atoms with Gasteiger partial charge in [-0.1, -0.05) is 12.5 Å². The molecule has 6 heteroatoms. The van der Waals surface area contributed by atoms with E-state index < -0.39 is 22.3 Å². The number of aliphatic carboxylic acids is 1. The van der Waals surface area contributed by atoms with E-state index in [2.05, 4.69) is 0 Å². The van der Waals surface area contributed by atoms with Gasteiger partial charge >= 0.3 is 5.97 Å². The minimum Gasteiger partial charge on any atom is -0.478 e. The first-order valence-corrected chi connectivity index (χ1v) is 7.00. The molecule has 98 valence electrons. The van der Waals surface area contributed by atoms with E-state index >= 15 is 0 Å². The van der Waals surface area contributed by atoms with Gasteiger partial charge in [-0.15, -0.1) is 0 Å². The smallest absolute Gasteiger partial charge is 0.333 e. The summed E-state index contributed by atoms with van der Waals surface area (Å²) in [6.45, 7) is 1.48. The average molecular weight is 269 g/mol. The van der Waals surface area contributed by atoms with Gasteiger partial charge in [0.1, 0.15) is 0 Å². The molecule has 1 aliphatic carbocycles. The van der Waals surface area contributed by atoms with Gasteiger partial charge in [0.15, 0.2) is 0 Å². The number of likely N-dealkylation sites (tertiary alicyclic amines) is 1. The molecule has 1 heterocycles. The van der Waals surface area contributed by atoms with Gasteiger partial charge in [0.25, 0.3) is 0 Å². The largest absolute Gasteiger partial charge is 0.478 e. The standard InChI is InChI=1S/C12H15NO4S/c14-12(15)9-5-4-6-10(18(16)17)11(9)13-7-2-1-3-8-13/h4-6,11H,1-3,7-8H2,(H,14,15). The molecule has 0 radical (unpaired) electrons. The molecule has 0 bridgehead atoms. The van der Waals surface area contributed by atoms with Crippen molar-refractivity contribution in [3.63, 3.8) is 0 Å². The third kappa shape index (κ3) is 2.54. The molecule has 1 aliphatic heterocycles. The first-order chi connectivity index (χ1) is 8.61. The highest BCUT2D eigenvalue weighted by Crippen LogP contribution is 2.21. The summed E-state index contributed by atoms with van der Waals surface area (Å²) in [5.41, 5.74) is 0.138. The Labute approximate surface area is 107 Å². The summed E-state index contributed by atoms with van der Waals surface area (Å²) in [6.07, 6.45) is 7.51. The monoisotopic (exact) mass is 269 g/mol. The molecule has 18 heavy (non-hydrogen) atoms. The number of nitrogens with zero attached hydrogens (tertiary/aromatic N) is 1. The molecule has 0 aromatic carbocycles. The SMILES string of the molecule is O=C(O)C1=CC=CC(=S(=O)=O)C1N1CCCCC1. The Bertz CT molecular complexity index is 530. The Morgan fingerprint density at radius 2 is 1.94 bits per heavy atom. The highest BCUT2D eigenvalue weighted by atomic mass is 32.2. The van der Waals surface area contributed by atoms with Crippen molar-refractivity contribution in [2.45, 2.75) is 25.3 Å². The fourth-order valence-corrected chi connectivity index (χ4v) is 3.12. The Morgan fingerprint density at radius 1 is 1.28 bits per heavy atom. The number of piperidine rings is 1. The zero-order valence-corrected chi connectivity index (χ0v) is 10.7. The van der Waals surface area contributed by atoms with Crippen LogP contribution in [0.3, 0.4) is 0 Å². The first-order valence-electron chi connectivity index (χ1n) is 5.93. The summed E-state index contributed by atoms with van der Waals surface area (Å²) in [5.74, 6) is -1.06. The van der Waals surface area contributed by atoms with E-state index in [1.54, 1.807) is 0 Å². The molecule has 5 nitrogen and oxygen atoms in total. The van der Waals surface area contributed by atoms with Crippen LogP contribution in [0.4, 0.5) is 0 Å². The molecule has 1 N–H and O–H groups in total. The second-order valence-corrected chi connectivity index (χ2v) is 5.36. The molecular weight excluding hydrogens is 254 g/mol. The van der Waals surface area contributed by atoms with E-state index in [9.17, 15) is 18.3 Å². The highest BCUT2D eigenvalue weighted by Gasteiger charge is 2.33. The summed E-state index contributed by atoms with van der Waals surface area (Å²) in [5, 5.41) is 9.20. The molecule has 1 atom stereocenters. The summed E-state index contributed by atoms with van der Waals surface area (Å²) in [6, 6.07) is -0.633. The minimum absolute atomic E-state index is 0.138. The molecule has 0 aromatic rings. The van der Waals surface area contributed by atoms with Gasteiger partial charge in [0.05, 0.1) is 16.5 Å². The Kier molecular flexibility index (Phi) is 3.98. The van der Waals surface area contributed by atoms with Crippen LogP contribution in [0.1, 0.15) is 19.3 Å². The average Bonchev–Trinajstić information content (AvgIpc) is 2.38. The van der Waals surface area contributed by atoms with Crippen LogP contribution in [0.5, 0.6) is 0 Å². The zero-order valence-electron chi connectivity index (χ0n) is 9.87. The van der Waals surface area contributed by atoms with Gasteiger partial charge in [-0.25, -0.2) is 4.79 Å². The van der Waals surface area contributed by atoms with Crippen LogP contribution in [0.25, 0.3) is 0 Å². The topological polar surface area (TPSA) is 74.7 Å². The number of allylic oxidation sites excluding steroid dienone is 2. The lowest BCUT2D eigenvalue weighted by molar-refractivity contribution is -0.133. The van der Waals surface area contributed by atoms with Crippen LogP contribution in [-0.4, -0.2) is 48.4 Å². The maximum atomic E-state index is 11.2. The third-order valence-corrected chi connectivity index (χ3v) is 4.04. The minimum atomic E-state index is -2.39. The molecule has 2 rings (SSSR count). The van der Waals surface area contributed by atoms with E-state index in [0.29, 0.717) is 0 Å².